The molecule has 0 spiro atoms. The Morgan fingerprint density at radius 1 is 1.17 bits per heavy atom. The van der Waals surface area contributed by atoms with Gasteiger partial charge in [0.2, 0.25) is 0 Å². The van der Waals surface area contributed by atoms with E-state index in [-0.39, 0.29) is 51.4 Å². The Bertz CT molecular complexity index is 165. The maximum Gasteiger partial charge on any atom is 1.00 e. The number of carbonyl (C=O) groups excluding carboxylic acids is 3. The number of primary amides is 2. The summed E-state index contributed by atoms with van der Waals surface area (Å²) in [5, 5.41) is 13.5. The van der Waals surface area contributed by atoms with Crippen LogP contribution in [0.3, 0.4) is 0 Å². The second-order valence-corrected chi connectivity index (χ2v) is 0.973. The van der Waals surface area contributed by atoms with Crippen molar-refractivity contribution in [2.45, 2.75) is 0 Å². The molecule has 12 heavy (non-hydrogen) atoms. The van der Waals surface area contributed by atoms with Crippen molar-refractivity contribution >= 4 is 18.5 Å². The van der Waals surface area contributed by atoms with Crippen LogP contribution in [0.15, 0.2) is 10.2 Å². The van der Waals surface area contributed by atoms with Gasteiger partial charge in [0.05, 0.1) is 0 Å². The fourth-order valence-corrected chi connectivity index (χ4v) is 0.0986. The van der Waals surface area contributed by atoms with Crippen LogP contribution in [0.4, 0.5) is 9.59 Å². The van der Waals surface area contributed by atoms with Crippen molar-refractivity contribution in [1.82, 2.24) is 0 Å². The third-order valence-corrected chi connectivity index (χ3v) is 0.247. The van der Waals surface area contributed by atoms with Crippen molar-refractivity contribution in [2.75, 3.05) is 0 Å². The van der Waals surface area contributed by atoms with Gasteiger partial charge in [0, 0.05) is 6.47 Å². The first-order valence-electron chi connectivity index (χ1n) is 2.10. The molecule has 0 aliphatic heterocycles. The van der Waals surface area contributed by atoms with E-state index in [0.29, 0.717) is 0 Å². The van der Waals surface area contributed by atoms with Gasteiger partial charge in [-0.1, -0.05) is 10.2 Å². The van der Waals surface area contributed by atoms with Gasteiger partial charge in [-0.25, -0.2) is 9.59 Å². The fourth-order valence-electron chi connectivity index (χ4n) is 0.0986. The number of nitrogens with zero attached hydrogens (tertiary/aromatic N) is 2. The van der Waals surface area contributed by atoms with Gasteiger partial charge < -0.3 is 21.4 Å². The van der Waals surface area contributed by atoms with Gasteiger partial charge in [-0.15, -0.1) is 0 Å². The van der Waals surface area contributed by atoms with Crippen molar-refractivity contribution in [3.8, 4) is 0 Å². The van der Waals surface area contributed by atoms with Crippen LogP contribution in [-0.4, -0.2) is 18.5 Å². The van der Waals surface area contributed by atoms with Gasteiger partial charge in [-0.3, -0.25) is 0 Å². The topological polar surface area (TPSA) is 151 Å². The summed E-state index contributed by atoms with van der Waals surface area (Å²) in [6.45, 7) is -0.500. The molecule has 0 unspecified atom stereocenters. The maximum atomic E-state index is 9.66. The molecule has 0 fully saturated rings. The minimum absolute atomic E-state index is 0. The van der Waals surface area contributed by atoms with Crippen LogP contribution < -0.4 is 68.0 Å². The first-order chi connectivity index (χ1) is 5.04. The maximum absolute atomic E-state index is 9.66. The molecule has 0 atom stereocenters. The zero-order valence-electron chi connectivity index (χ0n) is 6.26. The molecule has 4 N–H and O–H groups in total. The minimum atomic E-state index is -1.04. The number of amides is 4. The smallest absolute Gasteiger partial charge is 0.554 e. The molecular formula is C3H5KN4O4. The molecule has 0 aliphatic rings. The largest absolute Gasteiger partial charge is 1.00 e. The zero-order chi connectivity index (χ0) is 9.28. The number of azo groups is 1. The molecule has 0 saturated heterocycles. The summed E-state index contributed by atoms with van der Waals surface area (Å²) in [7, 11) is 0. The molecule has 8 nitrogen and oxygen atoms in total. The van der Waals surface area contributed by atoms with Crippen LogP contribution in [0.5, 0.6) is 0 Å². The Morgan fingerprint density at radius 2 is 1.33 bits per heavy atom. The molecule has 0 bridgehead atoms. The van der Waals surface area contributed by atoms with E-state index in [1.165, 1.54) is 0 Å². The average Bonchev–Trinajstić information content (AvgIpc) is 1.85. The molecule has 0 rings (SSSR count). The second kappa shape index (κ2) is 13.3. The number of urea groups is 2. The first-order valence-corrected chi connectivity index (χ1v) is 2.10. The van der Waals surface area contributed by atoms with Crippen LogP contribution in [0.1, 0.15) is 0 Å². The quantitative estimate of drug-likeness (QED) is 0.228. The Hall–Kier alpha value is -0.354. The van der Waals surface area contributed by atoms with Gasteiger partial charge in [0.15, 0.2) is 0 Å². The summed E-state index contributed by atoms with van der Waals surface area (Å²) in [6, 6.07) is -2.08. The Balaban J connectivity index is -0.000000177. The summed E-state index contributed by atoms with van der Waals surface area (Å²) >= 11 is 0. The van der Waals surface area contributed by atoms with Gasteiger partial charge in [0.1, 0.15) is 0 Å². The minimum Gasteiger partial charge on any atom is -0.554 e. The fraction of sp³-hybridized carbons (Fsp3) is 0. The van der Waals surface area contributed by atoms with E-state index in [0.717, 1.165) is 0 Å². The molecule has 0 heterocycles. The predicted molar refractivity (Wildman–Crippen MR) is 30.1 cm³/mol. The number of rotatable bonds is 0. The van der Waals surface area contributed by atoms with E-state index in [2.05, 4.69) is 21.7 Å². The van der Waals surface area contributed by atoms with Crippen LogP contribution in [0, 0.1) is 0 Å². The molecular weight excluding hydrogens is 195 g/mol. The van der Waals surface area contributed by atoms with E-state index in [1.54, 1.807) is 0 Å². The van der Waals surface area contributed by atoms with Gasteiger partial charge in [-0.05, 0) is 0 Å². The van der Waals surface area contributed by atoms with Crippen LogP contribution in [-0.2, 0) is 4.79 Å². The standard InChI is InChI=1S/C2H4N4O2.CH2O2.K/c3-1(7)5-6-2(4)8;2-1-3;/h(H2,3,7)(H2,4,8);1H,(H,2,3);/q;;+1/p-1. The van der Waals surface area contributed by atoms with E-state index < -0.39 is 18.5 Å². The van der Waals surface area contributed by atoms with E-state index >= 15 is 0 Å². The van der Waals surface area contributed by atoms with Crippen molar-refractivity contribution in [2.24, 2.45) is 21.7 Å². The first kappa shape index (κ1) is 17.7. The van der Waals surface area contributed by atoms with Gasteiger partial charge in [0.25, 0.3) is 0 Å². The molecule has 9 heteroatoms. The third kappa shape index (κ3) is 33.4. The molecule has 0 aliphatic carbocycles. The molecule has 0 aromatic rings. The Morgan fingerprint density at radius 3 is 1.42 bits per heavy atom. The van der Waals surface area contributed by atoms with E-state index in [9.17, 15) is 9.59 Å². The Labute approximate surface area is 110 Å². The molecule has 0 radical (unpaired) electrons. The van der Waals surface area contributed by atoms with Gasteiger partial charge >= 0.3 is 63.4 Å². The zero-order valence-corrected chi connectivity index (χ0v) is 9.38. The van der Waals surface area contributed by atoms with Crippen LogP contribution >= 0.6 is 0 Å². The molecule has 4 amide bonds. The SMILES string of the molecule is NC(=O)N=NC(N)=O.O=C[O-].[K+]. The number of nitrogens with two attached hydrogens (primary N) is 2. The summed E-state index contributed by atoms with van der Waals surface area (Å²) in [4.78, 5) is 27.6. The van der Waals surface area contributed by atoms with Crippen molar-refractivity contribution in [3.05, 3.63) is 0 Å². The predicted octanol–water partition coefficient (Wildman–Crippen LogP) is -5.03. The van der Waals surface area contributed by atoms with Gasteiger partial charge in [-0.2, -0.15) is 0 Å². The molecule has 0 saturated carbocycles. The van der Waals surface area contributed by atoms with Crippen LogP contribution in [0.25, 0.3) is 0 Å². The normalized spacial score (nSPS) is 7.33. The summed E-state index contributed by atoms with van der Waals surface area (Å²) < 4.78 is 0. The van der Waals surface area contributed by atoms with Crippen molar-refractivity contribution in [3.63, 3.8) is 0 Å². The number of hydrogen-bond donors (Lipinski definition) is 2. The van der Waals surface area contributed by atoms with Crippen molar-refractivity contribution < 1.29 is 70.9 Å². The Kier molecular flexibility index (Phi) is 19.5. The van der Waals surface area contributed by atoms with Crippen LogP contribution in [0.2, 0.25) is 0 Å². The van der Waals surface area contributed by atoms with Crippen molar-refractivity contribution in [1.29, 1.82) is 0 Å². The summed E-state index contributed by atoms with van der Waals surface area (Å²) in [5.74, 6) is 0. The second-order valence-electron chi connectivity index (χ2n) is 0.973. The molecule has 62 valence electrons. The molecule has 0 aromatic carbocycles. The molecule has 0 aromatic heterocycles. The van der Waals surface area contributed by atoms with E-state index in [4.69, 9.17) is 9.90 Å². The average molecular weight is 200 g/mol. The number of carboxylic acid groups (broad SMARTS) is 1. The third-order valence-electron chi connectivity index (χ3n) is 0.247. The monoisotopic (exact) mass is 200 g/mol. The summed E-state index contributed by atoms with van der Waals surface area (Å²) in [6.07, 6.45) is 0. The number of hydrogen-bond acceptors (Lipinski definition) is 4. The number of carbonyl (C=O) groups is 3. The van der Waals surface area contributed by atoms with E-state index in [1.807, 2.05) is 0 Å². The summed E-state index contributed by atoms with van der Waals surface area (Å²) in [5.41, 5.74) is 8.87.